The van der Waals surface area contributed by atoms with Crippen molar-refractivity contribution in [1.29, 1.82) is 0 Å². The summed E-state index contributed by atoms with van der Waals surface area (Å²) in [6, 6.07) is 7.45. The number of amides is 1. The lowest BCUT2D eigenvalue weighted by atomic mass is 10.2. The molecule has 0 aliphatic carbocycles. The highest BCUT2D eigenvalue weighted by molar-refractivity contribution is 7.17. The van der Waals surface area contributed by atoms with E-state index < -0.39 is 30.2 Å². The van der Waals surface area contributed by atoms with Gasteiger partial charge in [-0.25, -0.2) is 0 Å². The Morgan fingerprint density at radius 2 is 1.89 bits per heavy atom. The fourth-order valence-electron chi connectivity index (χ4n) is 2.44. The number of halogens is 5. The van der Waals surface area contributed by atoms with Crippen molar-refractivity contribution < 1.29 is 27.9 Å². The number of thiazole rings is 1. The summed E-state index contributed by atoms with van der Waals surface area (Å²) in [6.07, 6.45) is -4.67. The lowest BCUT2D eigenvalue weighted by molar-refractivity contribution is -0.138. The van der Waals surface area contributed by atoms with Gasteiger partial charge in [0.2, 0.25) is 0 Å². The summed E-state index contributed by atoms with van der Waals surface area (Å²) in [7, 11) is 0. The van der Waals surface area contributed by atoms with Gasteiger partial charge in [-0.15, -0.1) is 0 Å². The number of aliphatic carboxylic acids is 1. The number of carbonyl (C=O) groups is 2. The molecule has 0 fully saturated rings. The van der Waals surface area contributed by atoms with Gasteiger partial charge in [0.25, 0.3) is 5.91 Å². The predicted molar refractivity (Wildman–Crippen MR) is 98.8 cm³/mol. The zero-order valence-corrected chi connectivity index (χ0v) is 16.0. The fraction of sp³-hybridized carbons (Fsp3) is 0.118. The number of hydrogen-bond acceptors (Lipinski definition) is 3. The maximum atomic E-state index is 13.1. The molecule has 5 nitrogen and oxygen atoms in total. The quantitative estimate of drug-likeness (QED) is 0.621. The Kier molecular flexibility index (Phi) is 5.51. The monoisotopic (exact) mass is 448 g/mol. The summed E-state index contributed by atoms with van der Waals surface area (Å²) in [5.41, 5.74) is -0.964. The van der Waals surface area contributed by atoms with Crippen LogP contribution in [-0.4, -0.2) is 21.6 Å². The Bertz CT molecular complexity index is 1170. The highest BCUT2D eigenvalue weighted by Crippen LogP contribution is 2.36. The number of aromatic nitrogens is 1. The number of hydrogen-bond donors (Lipinski definition) is 1. The van der Waals surface area contributed by atoms with Gasteiger partial charge in [0, 0.05) is 10.6 Å². The van der Waals surface area contributed by atoms with Gasteiger partial charge in [0.1, 0.15) is 6.54 Å². The van der Waals surface area contributed by atoms with E-state index in [2.05, 4.69) is 4.99 Å². The Morgan fingerprint density at radius 1 is 1.18 bits per heavy atom. The number of benzene rings is 2. The number of carboxylic acid groups (broad SMARTS) is 1. The summed E-state index contributed by atoms with van der Waals surface area (Å²) in [5, 5.41) is 9.22. The van der Waals surface area contributed by atoms with E-state index in [0.29, 0.717) is 5.02 Å². The van der Waals surface area contributed by atoms with Crippen molar-refractivity contribution in [3.8, 4) is 0 Å². The number of carboxylic acids is 1. The van der Waals surface area contributed by atoms with Crippen molar-refractivity contribution in [3.63, 3.8) is 0 Å². The number of fused-ring (bicyclic) bond motifs is 1. The maximum absolute atomic E-state index is 13.1. The van der Waals surface area contributed by atoms with Crippen LogP contribution in [0.25, 0.3) is 10.2 Å². The molecule has 0 bridgehead atoms. The molecular weight excluding hydrogens is 440 g/mol. The third kappa shape index (κ3) is 4.21. The van der Waals surface area contributed by atoms with Crippen LogP contribution in [0, 0.1) is 0 Å². The number of nitrogens with zero attached hydrogens (tertiary/aromatic N) is 2. The molecule has 0 spiro atoms. The van der Waals surface area contributed by atoms with Gasteiger partial charge < -0.3 is 9.67 Å². The number of carbonyl (C=O) groups excluding carboxylic acids is 1. The van der Waals surface area contributed by atoms with Crippen molar-refractivity contribution in [2.75, 3.05) is 0 Å². The van der Waals surface area contributed by atoms with E-state index in [1.165, 1.54) is 18.2 Å². The van der Waals surface area contributed by atoms with Gasteiger partial charge in [-0.2, -0.15) is 18.2 Å². The first-order valence-electron chi connectivity index (χ1n) is 7.53. The van der Waals surface area contributed by atoms with Crippen LogP contribution < -0.4 is 4.80 Å². The van der Waals surface area contributed by atoms with Crippen molar-refractivity contribution >= 4 is 56.6 Å². The van der Waals surface area contributed by atoms with Gasteiger partial charge in [-0.3, -0.25) is 9.59 Å². The van der Waals surface area contributed by atoms with E-state index in [4.69, 9.17) is 28.3 Å². The molecule has 3 rings (SSSR count). The molecular formula is C17H9Cl2F3N2O3S. The van der Waals surface area contributed by atoms with E-state index in [9.17, 15) is 22.8 Å². The Labute approximate surface area is 169 Å². The zero-order valence-electron chi connectivity index (χ0n) is 13.6. The third-order valence-electron chi connectivity index (χ3n) is 3.63. The van der Waals surface area contributed by atoms with E-state index >= 15 is 0 Å². The van der Waals surface area contributed by atoms with Crippen molar-refractivity contribution in [3.05, 3.63) is 62.4 Å². The molecule has 1 amide bonds. The molecule has 146 valence electrons. The molecule has 0 radical (unpaired) electrons. The van der Waals surface area contributed by atoms with Gasteiger partial charge >= 0.3 is 12.1 Å². The summed E-state index contributed by atoms with van der Waals surface area (Å²) in [4.78, 5) is 27.4. The average Bonchev–Trinajstić information content (AvgIpc) is 2.92. The lowest BCUT2D eigenvalue weighted by Gasteiger charge is -2.08. The van der Waals surface area contributed by atoms with Crippen LogP contribution in [0.15, 0.2) is 41.4 Å². The first-order valence-corrected chi connectivity index (χ1v) is 9.10. The summed E-state index contributed by atoms with van der Waals surface area (Å²) in [5.74, 6) is -2.04. The van der Waals surface area contributed by atoms with Gasteiger partial charge in [0.05, 0.1) is 20.8 Å². The van der Waals surface area contributed by atoms with Crippen LogP contribution in [0.1, 0.15) is 15.9 Å². The molecule has 0 saturated carbocycles. The van der Waals surface area contributed by atoms with Crippen LogP contribution >= 0.6 is 34.5 Å². The molecule has 28 heavy (non-hydrogen) atoms. The largest absolute Gasteiger partial charge is 0.480 e. The second kappa shape index (κ2) is 7.57. The van der Waals surface area contributed by atoms with Gasteiger partial charge in [0.15, 0.2) is 4.80 Å². The van der Waals surface area contributed by atoms with Crippen LogP contribution in [0.5, 0.6) is 0 Å². The van der Waals surface area contributed by atoms with Crippen molar-refractivity contribution in [1.82, 2.24) is 4.57 Å². The Morgan fingerprint density at radius 3 is 2.50 bits per heavy atom. The van der Waals surface area contributed by atoms with Crippen molar-refractivity contribution in [2.45, 2.75) is 12.7 Å². The average molecular weight is 449 g/mol. The maximum Gasteiger partial charge on any atom is 0.416 e. The van der Waals surface area contributed by atoms with Crippen molar-refractivity contribution in [2.24, 2.45) is 4.99 Å². The molecule has 0 unspecified atom stereocenters. The number of alkyl halides is 3. The fourth-order valence-corrected chi connectivity index (χ4v) is 3.97. The molecule has 1 heterocycles. The second-order valence-electron chi connectivity index (χ2n) is 5.60. The molecule has 0 saturated heterocycles. The first-order chi connectivity index (χ1) is 13.1. The normalized spacial score (nSPS) is 12.5. The van der Waals surface area contributed by atoms with Gasteiger partial charge in [-0.1, -0.05) is 40.6 Å². The topological polar surface area (TPSA) is 71.7 Å². The van der Waals surface area contributed by atoms with Crippen LogP contribution in [0.4, 0.5) is 13.2 Å². The predicted octanol–water partition coefficient (Wildman–Crippen LogP) is 4.85. The second-order valence-corrected chi connectivity index (χ2v) is 7.42. The SMILES string of the molecule is O=C(O)Cn1/c(=N/C(=O)c2cccc(Cl)c2)sc2c(Cl)cc(C(F)(F)F)cc21. The lowest BCUT2D eigenvalue weighted by Crippen LogP contribution is -2.21. The summed E-state index contributed by atoms with van der Waals surface area (Å²) >= 11 is 12.6. The van der Waals surface area contributed by atoms with Gasteiger partial charge in [-0.05, 0) is 30.3 Å². The summed E-state index contributed by atoms with van der Waals surface area (Å²) < 4.78 is 40.5. The Balaban J connectivity index is 2.25. The zero-order chi connectivity index (χ0) is 20.6. The first kappa shape index (κ1) is 20.4. The Hall–Kier alpha value is -2.36. The summed E-state index contributed by atoms with van der Waals surface area (Å²) in [6.45, 7) is -0.695. The minimum Gasteiger partial charge on any atom is -0.480 e. The standard InChI is InChI=1S/C17H9Cl2F3N2O3S/c18-10-3-1-2-8(4-10)15(27)23-16-24(7-13(25)26)12-6-9(17(20,21)22)5-11(19)14(12)28-16/h1-6H,7H2,(H,25,26)/b23-16-. The molecule has 0 aliphatic heterocycles. The highest BCUT2D eigenvalue weighted by atomic mass is 35.5. The minimum absolute atomic E-state index is 0.0788. The van der Waals surface area contributed by atoms with E-state index in [0.717, 1.165) is 28.0 Å². The number of rotatable bonds is 3. The van der Waals surface area contributed by atoms with Crippen LogP contribution in [0.3, 0.4) is 0 Å². The minimum atomic E-state index is -4.67. The third-order valence-corrected chi connectivity index (χ3v) is 5.40. The van der Waals surface area contributed by atoms with Crippen LogP contribution in [-0.2, 0) is 17.5 Å². The molecule has 3 aromatic rings. The molecule has 11 heteroatoms. The van der Waals surface area contributed by atoms with E-state index in [1.807, 2.05) is 0 Å². The van der Waals surface area contributed by atoms with E-state index in [-0.39, 0.29) is 25.6 Å². The molecule has 1 N–H and O–H groups in total. The van der Waals surface area contributed by atoms with E-state index in [1.54, 1.807) is 6.07 Å². The highest BCUT2D eigenvalue weighted by Gasteiger charge is 2.32. The molecule has 0 aliphatic rings. The van der Waals surface area contributed by atoms with Crippen LogP contribution in [0.2, 0.25) is 10.0 Å². The molecule has 2 aromatic carbocycles. The molecule has 0 atom stereocenters. The smallest absolute Gasteiger partial charge is 0.416 e. The molecule has 1 aromatic heterocycles.